The van der Waals surface area contributed by atoms with Crippen LogP contribution < -0.4 is 16.2 Å². The quantitative estimate of drug-likeness (QED) is 0.862. The Morgan fingerprint density at radius 3 is 2.25 bits per heavy atom. The fraction of sp³-hybridized carbons (Fsp3) is 0.214. The number of anilines is 2. The van der Waals surface area contributed by atoms with Crippen LogP contribution in [0.25, 0.3) is 12.2 Å². The average molecular weight is 271 g/mol. The molecule has 0 spiro atoms. The summed E-state index contributed by atoms with van der Waals surface area (Å²) in [5.41, 5.74) is 12.0. The second-order valence-electron chi connectivity index (χ2n) is 4.16. The number of rotatable bonds is 5. The zero-order chi connectivity index (χ0) is 14.4. The Balaban J connectivity index is 2.07. The third-order valence-electron chi connectivity index (χ3n) is 2.47. The van der Waals surface area contributed by atoms with Crippen molar-refractivity contribution in [2.75, 3.05) is 18.1 Å². The van der Waals surface area contributed by atoms with Gasteiger partial charge in [0.2, 0.25) is 11.9 Å². The lowest BCUT2D eigenvalue weighted by Gasteiger charge is -2.04. The number of ether oxygens (including phenoxy) is 1. The fourth-order valence-electron chi connectivity index (χ4n) is 1.57. The summed E-state index contributed by atoms with van der Waals surface area (Å²) in [6.07, 6.45) is 4.60. The first kappa shape index (κ1) is 13.8. The van der Waals surface area contributed by atoms with Gasteiger partial charge in [-0.15, -0.1) is 0 Å². The Morgan fingerprint density at radius 1 is 1.00 bits per heavy atom. The molecule has 2 rings (SSSR count). The summed E-state index contributed by atoms with van der Waals surface area (Å²) in [5.74, 6) is 1.51. The molecule has 0 atom stereocenters. The molecule has 4 N–H and O–H groups in total. The highest BCUT2D eigenvalue weighted by Crippen LogP contribution is 2.14. The third-order valence-corrected chi connectivity index (χ3v) is 2.47. The van der Waals surface area contributed by atoms with Crippen LogP contribution in [0.3, 0.4) is 0 Å². The van der Waals surface area contributed by atoms with Gasteiger partial charge in [-0.05, 0) is 30.2 Å². The molecular formula is C14H17N5O. The molecule has 0 aliphatic carbocycles. The number of benzene rings is 1. The molecule has 104 valence electrons. The smallest absolute Gasteiger partial charge is 0.225 e. The van der Waals surface area contributed by atoms with E-state index >= 15 is 0 Å². The van der Waals surface area contributed by atoms with Crippen molar-refractivity contribution in [1.82, 2.24) is 15.0 Å². The van der Waals surface area contributed by atoms with Crippen molar-refractivity contribution < 1.29 is 4.74 Å². The van der Waals surface area contributed by atoms with Crippen molar-refractivity contribution in [2.45, 2.75) is 13.3 Å². The number of hydrogen-bond acceptors (Lipinski definition) is 6. The van der Waals surface area contributed by atoms with Crippen molar-refractivity contribution in [1.29, 1.82) is 0 Å². The van der Waals surface area contributed by atoms with Gasteiger partial charge in [0.1, 0.15) is 5.75 Å². The van der Waals surface area contributed by atoms with Crippen molar-refractivity contribution in [3.63, 3.8) is 0 Å². The third kappa shape index (κ3) is 3.94. The molecule has 1 aromatic carbocycles. The zero-order valence-electron chi connectivity index (χ0n) is 11.3. The minimum atomic E-state index is 0.112. The molecule has 1 aromatic heterocycles. The molecule has 2 aromatic rings. The van der Waals surface area contributed by atoms with E-state index < -0.39 is 0 Å². The molecule has 20 heavy (non-hydrogen) atoms. The summed E-state index contributed by atoms with van der Waals surface area (Å²) < 4.78 is 5.51. The van der Waals surface area contributed by atoms with Crippen molar-refractivity contribution in [3.8, 4) is 5.75 Å². The van der Waals surface area contributed by atoms with E-state index in [0.29, 0.717) is 5.82 Å². The molecule has 6 nitrogen and oxygen atoms in total. The molecule has 6 heteroatoms. The van der Waals surface area contributed by atoms with E-state index in [9.17, 15) is 0 Å². The van der Waals surface area contributed by atoms with Crippen LogP contribution in [0.4, 0.5) is 11.9 Å². The van der Waals surface area contributed by atoms with E-state index in [1.807, 2.05) is 30.3 Å². The standard InChI is InChI=1S/C14H17N5O/c1-2-9-20-11-6-3-10(4-7-11)5-8-12-17-13(15)19-14(16)18-12/h3-8H,2,9H2,1H3,(H4,15,16,17,18,19). The van der Waals surface area contributed by atoms with E-state index in [0.717, 1.165) is 24.3 Å². The SMILES string of the molecule is CCCOc1ccc(C=Cc2nc(N)nc(N)n2)cc1. The van der Waals surface area contributed by atoms with Gasteiger partial charge in [0.25, 0.3) is 0 Å². The Labute approximate surface area is 117 Å². The molecular weight excluding hydrogens is 254 g/mol. The summed E-state index contributed by atoms with van der Waals surface area (Å²) in [6.45, 7) is 2.79. The maximum absolute atomic E-state index is 5.51. The highest BCUT2D eigenvalue weighted by atomic mass is 16.5. The number of nitrogens with zero attached hydrogens (tertiary/aromatic N) is 3. The van der Waals surface area contributed by atoms with Gasteiger partial charge in [-0.1, -0.05) is 25.1 Å². The lowest BCUT2D eigenvalue weighted by molar-refractivity contribution is 0.317. The van der Waals surface area contributed by atoms with Crippen LogP contribution in [0, 0.1) is 0 Å². The number of nitrogen functional groups attached to an aromatic ring is 2. The second kappa shape index (κ2) is 6.51. The van der Waals surface area contributed by atoms with Gasteiger partial charge >= 0.3 is 0 Å². The summed E-state index contributed by atoms with van der Waals surface area (Å²) in [7, 11) is 0. The highest BCUT2D eigenvalue weighted by molar-refractivity contribution is 5.67. The summed E-state index contributed by atoms with van der Waals surface area (Å²) in [6, 6.07) is 7.75. The van der Waals surface area contributed by atoms with Crippen molar-refractivity contribution in [2.24, 2.45) is 0 Å². The molecule has 0 unspecified atom stereocenters. The molecule has 0 amide bonds. The van der Waals surface area contributed by atoms with Gasteiger partial charge in [-0.3, -0.25) is 0 Å². The molecule has 1 heterocycles. The van der Waals surface area contributed by atoms with Crippen molar-refractivity contribution >= 4 is 24.0 Å². The van der Waals surface area contributed by atoms with Gasteiger partial charge in [0.15, 0.2) is 5.82 Å². The number of hydrogen-bond donors (Lipinski definition) is 2. The van der Waals surface area contributed by atoms with Gasteiger partial charge in [0.05, 0.1) is 6.61 Å². The summed E-state index contributed by atoms with van der Waals surface area (Å²) in [4.78, 5) is 11.7. The number of aromatic nitrogens is 3. The normalized spacial score (nSPS) is 10.8. The first-order valence-corrected chi connectivity index (χ1v) is 6.35. The van der Waals surface area contributed by atoms with E-state index in [4.69, 9.17) is 16.2 Å². The first-order chi connectivity index (χ1) is 9.67. The van der Waals surface area contributed by atoms with Crippen LogP contribution in [-0.4, -0.2) is 21.6 Å². The molecule has 0 bridgehead atoms. The summed E-state index contributed by atoms with van der Waals surface area (Å²) in [5, 5.41) is 0. The maximum atomic E-state index is 5.51. The Hall–Kier alpha value is -2.63. The minimum absolute atomic E-state index is 0.112. The van der Waals surface area contributed by atoms with Crippen LogP contribution in [0.5, 0.6) is 5.75 Å². The van der Waals surface area contributed by atoms with E-state index in [-0.39, 0.29) is 11.9 Å². The maximum Gasteiger partial charge on any atom is 0.225 e. The van der Waals surface area contributed by atoms with Crippen LogP contribution in [0.2, 0.25) is 0 Å². The van der Waals surface area contributed by atoms with Crippen LogP contribution in [0.15, 0.2) is 24.3 Å². The van der Waals surface area contributed by atoms with Gasteiger partial charge < -0.3 is 16.2 Å². The van der Waals surface area contributed by atoms with Gasteiger partial charge in [-0.25, -0.2) is 0 Å². The van der Waals surface area contributed by atoms with Crippen molar-refractivity contribution in [3.05, 3.63) is 35.7 Å². The molecule has 0 saturated heterocycles. The van der Waals surface area contributed by atoms with Gasteiger partial charge in [0, 0.05) is 0 Å². The predicted octanol–water partition coefficient (Wildman–Crippen LogP) is 2.00. The summed E-state index contributed by atoms with van der Waals surface area (Å²) >= 11 is 0. The van der Waals surface area contributed by atoms with E-state index in [1.54, 1.807) is 6.08 Å². The Kier molecular flexibility index (Phi) is 4.49. The first-order valence-electron chi connectivity index (χ1n) is 6.35. The van der Waals surface area contributed by atoms with Gasteiger partial charge in [-0.2, -0.15) is 15.0 Å². The van der Waals surface area contributed by atoms with Crippen LogP contribution >= 0.6 is 0 Å². The molecule has 0 fully saturated rings. The molecule has 0 aliphatic rings. The largest absolute Gasteiger partial charge is 0.494 e. The Bertz CT molecular complexity index is 575. The molecule has 0 radical (unpaired) electrons. The van der Waals surface area contributed by atoms with E-state index in [2.05, 4.69) is 21.9 Å². The lowest BCUT2D eigenvalue weighted by atomic mass is 10.2. The Morgan fingerprint density at radius 2 is 1.65 bits per heavy atom. The fourth-order valence-corrected chi connectivity index (χ4v) is 1.57. The molecule has 0 saturated carbocycles. The zero-order valence-corrected chi connectivity index (χ0v) is 11.3. The predicted molar refractivity (Wildman–Crippen MR) is 79.8 cm³/mol. The number of nitrogens with two attached hydrogens (primary N) is 2. The second-order valence-corrected chi connectivity index (χ2v) is 4.16. The highest BCUT2D eigenvalue weighted by Gasteiger charge is 1.98. The average Bonchev–Trinajstić information content (AvgIpc) is 2.43. The topological polar surface area (TPSA) is 99.9 Å². The minimum Gasteiger partial charge on any atom is -0.494 e. The monoisotopic (exact) mass is 271 g/mol. The lowest BCUT2D eigenvalue weighted by Crippen LogP contribution is -2.04. The van der Waals surface area contributed by atoms with Crippen LogP contribution in [-0.2, 0) is 0 Å². The van der Waals surface area contributed by atoms with E-state index in [1.165, 1.54) is 0 Å². The molecule has 0 aliphatic heterocycles. The van der Waals surface area contributed by atoms with Crippen LogP contribution in [0.1, 0.15) is 24.7 Å².